The monoisotopic (exact) mass is 315 g/mol. The minimum atomic E-state index is -0.905. The molecule has 0 aliphatic heterocycles. The molecule has 0 bridgehead atoms. The van der Waals surface area contributed by atoms with E-state index in [0.717, 1.165) is 12.8 Å². The predicted molar refractivity (Wildman–Crippen MR) is 77.1 cm³/mol. The molecule has 0 heterocycles. The van der Waals surface area contributed by atoms with Crippen molar-refractivity contribution in [3.63, 3.8) is 0 Å². The molecule has 0 aromatic heterocycles. The molecule has 1 fully saturated rings. The summed E-state index contributed by atoms with van der Waals surface area (Å²) in [5.41, 5.74) is 0.568. The van der Waals surface area contributed by atoms with Crippen molar-refractivity contribution in [3.8, 4) is 0 Å². The molecule has 1 aromatic carbocycles. The highest BCUT2D eigenvalue weighted by Crippen LogP contribution is 2.34. The molecule has 0 saturated heterocycles. The normalized spacial score (nSPS) is 15.7. The molecule has 6 heteroatoms. The molecular weight excluding hydrogens is 301 g/mol. The maximum Gasteiger partial charge on any atom is 0.305 e. The standard InChI is InChI=1S/C14H15Cl2NO3/c15-10-2-1-3-11(16)9(10)6-13(18)17-12(7-14(19)20)8-4-5-8/h1-3,8,12H,4-7H2,(H,17,18)(H,19,20). The SMILES string of the molecule is O=C(O)CC(NC(=O)Cc1c(Cl)cccc1Cl)C1CC1. The number of halogens is 2. The number of carbonyl (C=O) groups is 2. The van der Waals surface area contributed by atoms with Crippen LogP contribution in [0.5, 0.6) is 0 Å². The van der Waals surface area contributed by atoms with Gasteiger partial charge in [0.1, 0.15) is 0 Å². The largest absolute Gasteiger partial charge is 0.481 e. The Morgan fingerprint density at radius 1 is 1.30 bits per heavy atom. The van der Waals surface area contributed by atoms with Gasteiger partial charge in [0.15, 0.2) is 0 Å². The van der Waals surface area contributed by atoms with Crippen LogP contribution in [0.2, 0.25) is 10.0 Å². The van der Waals surface area contributed by atoms with E-state index in [1.807, 2.05) is 0 Å². The van der Waals surface area contributed by atoms with Crippen LogP contribution in [0.3, 0.4) is 0 Å². The summed E-state index contributed by atoms with van der Waals surface area (Å²) in [7, 11) is 0. The number of carboxylic acids is 1. The van der Waals surface area contributed by atoms with Gasteiger partial charge in [0, 0.05) is 16.1 Å². The van der Waals surface area contributed by atoms with Crippen LogP contribution in [0.25, 0.3) is 0 Å². The number of carbonyl (C=O) groups excluding carboxylic acids is 1. The molecular formula is C14H15Cl2NO3. The van der Waals surface area contributed by atoms with Gasteiger partial charge in [0.05, 0.1) is 12.8 Å². The van der Waals surface area contributed by atoms with Gasteiger partial charge in [-0.2, -0.15) is 0 Å². The van der Waals surface area contributed by atoms with Crippen LogP contribution in [0.15, 0.2) is 18.2 Å². The minimum Gasteiger partial charge on any atom is -0.481 e. The van der Waals surface area contributed by atoms with Gasteiger partial charge in [0.25, 0.3) is 0 Å². The van der Waals surface area contributed by atoms with Gasteiger partial charge in [-0.3, -0.25) is 9.59 Å². The Bertz CT molecular complexity index is 509. The third kappa shape index (κ3) is 4.12. The summed E-state index contributed by atoms with van der Waals surface area (Å²) < 4.78 is 0. The fourth-order valence-corrected chi connectivity index (χ4v) is 2.67. The van der Waals surface area contributed by atoms with Gasteiger partial charge in [-0.05, 0) is 36.5 Å². The lowest BCUT2D eigenvalue weighted by molar-refractivity contribution is -0.137. The topological polar surface area (TPSA) is 66.4 Å². The van der Waals surface area contributed by atoms with E-state index in [0.29, 0.717) is 15.6 Å². The van der Waals surface area contributed by atoms with Crippen LogP contribution >= 0.6 is 23.2 Å². The second kappa shape index (κ2) is 6.46. The van der Waals surface area contributed by atoms with Gasteiger partial charge in [-0.15, -0.1) is 0 Å². The van der Waals surface area contributed by atoms with E-state index in [1.54, 1.807) is 18.2 Å². The number of aliphatic carboxylic acids is 1. The van der Waals surface area contributed by atoms with E-state index in [4.69, 9.17) is 28.3 Å². The quantitative estimate of drug-likeness (QED) is 0.848. The Kier molecular flexibility index (Phi) is 4.89. The van der Waals surface area contributed by atoms with Gasteiger partial charge in [-0.1, -0.05) is 29.3 Å². The minimum absolute atomic E-state index is 0.0489. The molecule has 2 N–H and O–H groups in total. The summed E-state index contributed by atoms with van der Waals surface area (Å²) >= 11 is 12.0. The Balaban J connectivity index is 1.99. The van der Waals surface area contributed by atoms with E-state index in [9.17, 15) is 9.59 Å². The van der Waals surface area contributed by atoms with Crippen LogP contribution in [0.4, 0.5) is 0 Å². The van der Waals surface area contributed by atoms with Crippen molar-refractivity contribution in [2.75, 3.05) is 0 Å². The lowest BCUT2D eigenvalue weighted by Gasteiger charge is -2.16. The number of rotatable bonds is 6. The first-order chi connectivity index (χ1) is 9.47. The van der Waals surface area contributed by atoms with Crippen LogP contribution < -0.4 is 5.32 Å². The van der Waals surface area contributed by atoms with E-state index in [-0.39, 0.29) is 30.7 Å². The van der Waals surface area contributed by atoms with Gasteiger partial charge in [0.2, 0.25) is 5.91 Å². The van der Waals surface area contributed by atoms with Crippen molar-refractivity contribution in [2.45, 2.75) is 31.7 Å². The Morgan fingerprint density at radius 3 is 2.40 bits per heavy atom. The van der Waals surface area contributed by atoms with E-state index in [2.05, 4.69) is 5.32 Å². The fraction of sp³-hybridized carbons (Fsp3) is 0.429. The first-order valence-corrected chi connectivity index (χ1v) is 7.17. The molecule has 1 aliphatic carbocycles. The molecule has 1 aromatic rings. The Morgan fingerprint density at radius 2 is 1.90 bits per heavy atom. The average Bonchev–Trinajstić information content (AvgIpc) is 3.17. The molecule has 2 rings (SSSR count). The zero-order chi connectivity index (χ0) is 14.7. The number of nitrogens with one attached hydrogen (secondary N) is 1. The van der Waals surface area contributed by atoms with Gasteiger partial charge < -0.3 is 10.4 Å². The van der Waals surface area contributed by atoms with Crippen LogP contribution in [0.1, 0.15) is 24.8 Å². The van der Waals surface area contributed by atoms with Crippen molar-refractivity contribution >= 4 is 35.1 Å². The summed E-state index contributed by atoms with van der Waals surface area (Å²) in [6.45, 7) is 0. The smallest absolute Gasteiger partial charge is 0.305 e. The summed E-state index contributed by atoms with van der Waals surface area (Å²) in [5.74, 6) is -0.882. The second-order valence-electron chi connectivity index (χ2n) is 4.99. The highest BCUT2D eigenvalue weighted by atomic mass is 35.5. The van der Waals surface area contributed by atoms with Crippen molar-refractivity contribution in [1.29, 1.82) is 0 Å². The Labute approximate surface area is 127 Å². The first kappa shape index (κ1) is 15.1. The zero-order valence-corrected chi connectivity index (χ0v) is 12.2. The molecule has 1 aliphatic rings. The van der Waals surface area contributed by atoms with E-state index in [1.165, 1.54) is 0 Å². The molecule has 20 heavy (non-hydrogen) atoms. The lowest BCUT2D eigenvalue weighted by Crippen LogP contribution is -2.39. The number of hydrogen-bond donors (Lipinski definition) is 2. The van der Waals surface area contributed by atoms with Crippen molar-refractivity contribution in [1.82, 2.24) is 5.32 Å². The van der Waals surface area contributed by atoms with Crippen molar-refractivity contribution in [3.05, 3.63) is 33.8 Å². The number of benzene rings is 1. The molecule has 1 saturated carbocycles. The number of amides is 1. The van der Waals surface area contributed by atoms with Crippen LogP contribution in [-0.4, -0.2) is 23.0 Å². The maximum atomic E-state index is 12.0. The lowest BCUT2D eigenvalue weighted by atomic mass is 10.1. The molecule has 108 valence electrons. The average molecular weight is 316 g/mol. The molecule has 1 unspecified atom stereocenters. The molecule has 0 spiro atoms. The molecule has 0 radical (unpaired) electrons. The number of carboxylic acid groups (broad SMARTS) is 1. The second-order valence-corrected chi connectivity index (χ2v) is 5.80. The maximum absolute atomic E-state index is 12.0. The van der Waals surface area contributed by atoms with Gasteiger partial charge in [-0.25, -0.2) is 0 Å². The predicted octanol–water partition coefficient (Wildman–Crippen LogP) is 2.91. The highest BCUT2D eigenvalue weighted by Gasteiger charge is 2.33. The van der Waals surface area contributed by atoms with Crippen molar-refractivity contribution < 1.29 is 14.7 Å². The van der Waals surface area contributed by atoms with E-state index >= 15 is 0 Å². The summed E-state index contributed by atoms with van der Waals surface area (Å²) in [6, 6.07) is 4.75. The van der Waals surface area contributed by atoms with Gasteiger partial charge >= 0.3 is 5.97 Å². The molecule has 4 nitrogen and oxygen atoms in total. The zero-order valence-electron chi connectivity index (χ0n) is 10.7. The van der Waals surface area contributed by atoms with Crippen molar-refractivity contribution in [2.24, 2.45) is 5.92 Å². The van der Waals surface area contributed by atoms with E-state index < -0.39 is 5.97 Å². The number of hydrogen-bond acceptors (Lipinski definition) is 2. The van der Waals surface area contributed by atoms with Crippen LogP contribution in [-0.2, 0) is 16.0 Å². The highest BCUT2D eigenvalue weighted by molar-refractivity contribution is 6.36. The Hall–Kier alpha value is -1.26. The summed E-state index contributed by atoms with van der Waals surface area (Å²) in [5, 5.41) is 12.5. The first-order valence-electron chi connectivity index (χ1n) is 6.41. The van der Waals surface area contributed by atoms with Crippen LogP contribution in [0, 0.1) is 5.92 Å². The third-order valence-electron chi connectivity index (χ3n) is 3.33. The summed E-state index contributed by atoms with van der Waals surface area (Å²) in [6.07, 6.45) is 1.93. The summed E-state index contributed by atoms with van der Waals surface area (Å²) in [4.78, 5) is 22.8. The third-order valence-corrected chi connectivity index (χ3v) is 4.04. The molecule has 1 atom stereocenters. The molecule has 1 amide bonds. The fourth-order valence-electron chi connectivity index (χ4n) is 2.14.